The van der Waals surface area contributed by atoms with E-state index in [2.05, 4.69) is 0 Å². The van der Waals surface area contributed by atoms with E-state index in [9.17, 15) is 14.0 Å². The Hall–Kier alpha value is -3.93. The molecule has 0 saturated heterocycles. The van der Waals surface area contributed by atoms with Gasteiger partial charge in [-0.25, -0.2) is 9.29 Å². The molecule has 0 bridgehead atoms. The van der Waals surface area contributed by atoms with E-state index >= 15 is 0 Å². The molecule has 0 saturated carbocycles. The Labute approximate surface area is 173 Å². The van der Waals surface area contributed by atoms with E-state index in [0.29, 0.717) is 11.3 Å². The summed E-state index contributed by atoms with van der Waals surface area (Å²) in [5.74, 6) is -1.13. The van der Waals surface area contributed by atoms with Crippen molar-refractivity contribution in [1.29, 1.82) is 0 Å². The number of rotatable bonds is 5. The van der Waals surface area contributed by atoms with Crippen LogP contribution in [0.15, 0.2) is 84.6 Å². The lowest BCUT2D eigenvalue weighted by atomic mass is 10.0. The molecule has 3 aromatic carbocycles. The lowest BCUT2D eigenvalue weighted by molar-refractivity contribution is -0.120. The average molecular weight is 402 g/mol. The summed E-state index contributed by atoms with van der Waals surface area (Å²) in [6, 6.07) is 21.7. The van der Waals surface area contributed by atoms with Gasteiger partial charge in [0.2, 0.25) is 0 Å². The number of nitrogens with zero attached hydrogens (tertiary/aromatic N) is 2. The Balaban J connectivity index is 1.92. The summed E-state index contributed by atoms with van der Waals surface area (Å²) in [4.78, 5) is 29.6. The van der Waals surface area contributed by atoms with Crippen LogP contribution in [0.4, 0.5) is 15.8 Å². The number of likely N-dealkylation sites (N-methyl/N-ethyl adjacent to an activating group) is 1. The largest absolute Gasteiger partial charge is 0.496 e. The van der Waals surface area contributed by atoms with Gasteiger partial charge in [0.05, 0.1) is 18.4 Å². The summed E-state index contributed by atoms with van der Waals surface area (Å²) in [6.07, 6.45) is 0. The number of hydrogen-bond donors (Lipinski definition) is 0. The molecule has 6 heteroatoms. The molecule has 0 atom stereocenters. The molecule has 1 heterocycles. The standard InChI is InChI=1S/C24H19FN2O3/c1-26(17-10-4-3-5-11-17)22-21(19-13-6-7-14-20(19)30-2)23(28)27(24(22)29)18-12-8-9-16(25)15-18/h3-15H,1-2H3. The number of para-hydroxylation sites is 2. The number of imide groups is 1. The van der Waals surface area contributed by atoms with Crippen molar-refractivity contribution in [2.24, 2.45) is 0 Å². The van der Waals surface area contributed by atoms with Crippen LogP contribution >= 0.6 is 0 Å². The van der Waals surface area contributed by atoms with Crippen molar-refractivity contribution in [3.8, 4) is 5.75 Å². The lowest BCUT2D eigenvalue weighted by Gasteiger charge is -2.21. The number of amides is 2. The second kappa shape index (κ2) is 7.83. The molecule has 3 aromatic rings. The molecule has 30 heavy (non-hydrogen) atoms. The Morgan fingerprint density at radius 2 is 1.57 bits per heavy atom. The van der Waals surface area contributed by atoms with E-state index in [1.807, 2.05) is 30.3 Å². The van der Waals surface area contributed by atoms with Crippen LogP contribution < -0.4 is 14.5 Å². The normalized spacial score (nSPS) is 13.8. The van der Waals surface area contributed by atoms with E-state index in [1.165, 1.54) is 31.4 Å². The quantitative estimate of drug-likeness (QED) is 0.599. The van der Waals surface area contributed by atoms with Crippen molar-refractivity contribution in [3.05, 3.63) is 95.9 Å². The third-order valence-corrected chi connectivity index (χ3v) is 4.98. The molecule has 0 unspecified atom stereocenters. The molecule has 0 N–H and O–H groups in total. The van der Waals surface area contributed by atoms with Crippen LogP contribution in [-0.4, -0.2) is 26.0 Å². The highest BCUT2D eigenvalue weighted by Crippen LogP contribution is 2.39. The van der Waals surface area contributed by atoms with Crippen LogP contribution in [-0.2, 0) is 9.59 Å². The van der Waals surface area contributed by atoms with Gasteiger partial charge in [0.15, 0.2) is 0 Å². The zero-order chi connectivity index (χ0) is 21.3. The van der Waals surface area contributed by atoms with Crippen LogP contribution in [0.25, 0.3) is 5.57 Å². The number of benzene rings is 3. The van der Waals surface area contributed by atoms with Gasteiger partial charge in [-0.15, -0.1) is 0 Å². The summed E-state index contributed by atoms with van der Waals surface area (Å²) in [5.41, 5.74) is 1.80. The van der Waals surface area contributed by atoms with Gasteiger partial charge in [-0.2, -0.15) is 0 Å². The van der Waals surface area contributed by atoms with Crippen molar-refractivity contribution in [2.45, 2.75) is 0 Å². The fraction of sp³-hybridized carbons (Fsp3) is 0.0833. The molecule has 2 amide bonds. The monoisotopic (exact) mass is 402 g/mol. The third kappa shape index (κ3) is 3.22. The maximum Gasteiger partial charge on any atom is 0.282 e. The first kappa shape index (κ1) is 19.4. The van der Waals surface area contributed by atoms with Crippen molar-refractivity contribution < 1.29 is 18.7 Å². The summed E-state index contributed by atoms with van der Waals surface area (Å²) in [7, 11) is 3.23. The first-order valence-electron chi connectivity index (χ1n) is 9.33. The van der Waals surface area contributed by atoms with Crippen LogP contribution in [0.2, 0.25) is 0 Å². The minimum Gasteiger partial charge on any atom is -0.496 e. The lowest BCUT2D eigenvalue weighted by Crippen LogP contribution is -2.34. The first-order valence-corrected chi connectivity index (χ1v) is 9.33. The number of carbonyl (C=O) groups is 2. The molecular weight excluding hydrogens is 383 g/mol. The first-order chi connectivity index (χ1) is 14.5. The smallest absolute Gasteiger partial charge is 0.282 e. The molecule has 0 radical (unpaired) electrons. The van der Waals surface area contributed by atoms with Crippen molar-refractivity contribution >= 4 is 28.8 Å². The molecule has 5 nitrogen and oxygen atoms in total. The summed E-state index contributed by atoms with van der Waals surface area (Å²) < 4.78 is 19.3. The minimum absolute atomic E-state index is 0.175. The topological polar surface area (TPSA) is 49.9 Å². The van der Waals surface area contributed by atoms with E-state index in [0.717, 1.165) is 10.6 Å². The second-order valence-electron chi connectivity index (χ2n) is 6.74. The number of halogens is 1. The molecule has 150 valence electrons. The highest BCUT2D eigenvalue weighted by molar-refractivity contribution is 6.46. The molecule has 0 fully saturated rings. The molecule has 0 aliphatic carbocycles. The predicted molar refractivity (Wildman–Crippen MR) is 114 cm³/mol. The number of methoxy groups -OCH3 is 1. The van der Waals surface area contributed by atoms with Gasteiger partial charge in [0.1, 0.15) is 17.3 Å². The Morgan fingerprint density at radius 3 is 2.27 bits per heavy atom. The Kier molecular flexibility index (Phi) is 5.06. The average Bonchev–Trinajstić information content (AvgIpc) is 3.03. The summed E-state index contributed by atoms with van der Waals surface area (Å²) in [6.45, 7) is 0. The summed E-state index contributed by atoms with van der Waals surface area (Å²) >= 11 is 0. The van der Waals surface area contributed by atoms with E-state index in [-0.39, 0.29) is 17.0 Å². The molecule has 0 spiro atoms. The van der Waals surface area contributed by atoms with Gasteiger partial charge in [0.25, 0.3) is 11.8 Å². The summed E-state index contributed by atoms with van der Waals surface area (Å²) in [5, 5.41) is 0. The zero-order valence-corrected chi connectivity index (χ0v) is 16.5. The zero-order valence-electron chi connectivity index (χ0n) is 16.5. The molecule has 4 rings (SSSR count). The van der Waals surface area contributed by atoms with Crippen molar-refractivity contribution in [3.63, 3.8) is 0 Å². The third-order valence-electron chi connectivity index (χ3n) is 4.98. The molecule has 1 aliphatic heterocycles. The van der Waals surface area contributed by atoms with Crippen LogP contribution in [0.5, 0.6) is 5.75 Å². The Morgan fingerprint density at radius 1 is 0.867 bits per heavy atom. The molecular formula is C24H19FN2O3. The maximum absolute atomic E-state index is 13.8. The van der Waals surface area contributed by atoms with E-state index < -0.39 is 17.6 Å². The fourth-order valence-electron chi connectivity index (χ4n) is 3.55. The van der Waals surface area contributed by atoms with Crippen molar-refractivity contribution in [1.82, 2.24) is 0 Å². The highest BCUT2D eigenvalue weighted by Gasteiger charge is 2.43. The van der Waals surface area contributed by atoms with Gasteiger partial charge in [-0.05, 0) is 36.4 Å². The van der Waals surface area contributed by atoms with Gasteiger partial charge in [-0.3, -0.25) is 9.59 Å². The molecule has 1 aliphatic rings. The van der Waals surface area contributed by atoms with Crippen LogP contribution in [0.3, 0.4) is 0 Å². The van der Waals surface area contributed by atoms with Crippen LogP contribution in [0.1, 0.15) is 5.56 Å². The Bertz CT molecular complexity index is 1160. The van der Waals surface area contributed by atoms with Gasteiger partial charge >= 0.3 is 0 Å². The number of anilines is 2. The van der Waals surface area contributed by atoms with Gasteiger partial charge < -0.3 is 9.64 Å². The van der Waals surface area contributed by atoms with E-state index in [4.69, 9.17) is 4.74 Å². The van der Waals surface area contributed by atoms with Gasteiger partial charge in [-0.1, -0.05) is 42.5 Å². The number of ether oxygens (including phenoxy) is 1. The maximum atomic E-state index is 13.8. The second-order valence-corrected chi connectivity index (χ2v) is 6.74. The number of carbonyl (C=O) groups excluding carboxylic acids is 2. The minimum atomic E-state index is -0.534. The molecule has 0 aromatic heterocycles. The SMILES string of the molecule is COc1ccccc1C1=C(N(C)c2ccccc2)C(=O)N(c2cccc(F)c2)C1=O. The van der Waals surface area contributed by atoms with Crippen LogP contribution in [0, 0.1) is 5.82 Å². The number of hydrogen-bond acceptors (Lipinski definition) is 4. The fourth-order valence-corrected chi connectivity index (χ4v) is 3.55. The highest BCUT2D eigenvalue weighted by atomic mass is 19.1. The predicted octanol–water partition coefficient (Wildman–Crippen LogP) is 4.26. The van der Waals surface area contributed by atoms with Gasteiger partial charge in [0, 0.05) is 18.3 Å². The van der Waals surface area contributed by atoms with E-state index in [1.54, 1.807) is 36.2 Å². The van der Waals surface area contributed by atoms with Crippen molar-refractivity contribution in [2.75, 3.05) is 24.0 Å².